The van der Waals surface area contributed by atoms with E-state index in [0.29, 0.717) is 35.2 Å². The van der Waals surface area contributed by atoms with Crippen LogP contribution in [0.4, 0.5) is 8.78 Å². The summed E-state index contributed by atoms with van der Waals surface area (Å²) < 4.78 is 27.1. The lowest BCUT2D eigenvalue weighted by molar-refractivity contribution is -0.131. The number of carbonyl (C=O) groups is 2. The number of ketones is 1. The number of hydrogen-bond acceptors (Lipinski definition) is 3. The topological polar surface area (TPSA) is 40.6 Å². The van der Waals surface area contributed by atoms with Crippen molar-refractivity contribution in [3.05, 3.63) is 82.4 Å². The highest BCUT2D eigenvalue weighted by Crippen LogP contribution is 2.23. The number of halogens is 2. The summed E-state index contributed by atoms with van der Waals surface area (Å²) in [5, 5.41) is 0. The van der Waals surface area contributed by atoms with Crippen LogP contribution in [0.5, 0.6) is 0 Å². The molecule has 0 spiro atoms. The SMILES string of the molecule is CN(C)CCC(=O)N1C/C(=C\c2cccc(F)c2)C(=O)/C(=C/c2cccc(F)c2)C1. The van der Waals surface area contributed by atoms with Crippen LogP contribution in [0, 0.1) is 11.6 Å². The third kappa shape index (κ3) is 5.70. The standard InChI is InChI=1S/C24H24F2N2O2/c1-27(2)10-9-23(29)28-15-19(11-17-5-3-7-21(25)13-17)24(30)20(16-28)12-18-6-4-8-22(26)14-18/h3-8,11-14H,9-10,15-16H2,1-2H3/b19-11+,20-12+. The summed E-state index contributed by atoms with van der Waals surface area (Å²) in [6.07, 6.45) is 3.54. The zero-order valence-corrected chi connectivity index (χ0v) is 17.1. The van der Waals surface area contributed by atoms with Crippen LogP contribution in [-0.2, 0) is 9.59 Å². The second-order valence-corrected chi connectivity index (χ2v) is 7.58. The first kappa shape index (κ1) is 21.6. The van der Waals surface area contributed by atoms with Gasteiger partial charge in [-0.15, -0.1) is 0 Å². The molecule has 0 N–H and O–H groups in total. The average Bonchev–Trinajstić information content (AvgIpc) is 2.69. The maximum absolute atomic E-state index is 13.6. The molecule has 0 radical (unpaired) electrons. The van der Waals surface area contributed by atoms with Crippen LogP contribution in [0.1, 0.15) is 17.5 Å². The first-order chi connectivity index (χ1) is 14.3. The van der Waals surface area contributed by atoms with E-state index in [1.165, 1.54) is 24.3 Å². The fourth-order valence-electron chi connectivity index (χ4n) is 3.29. The molecule has 0 unspecified atom stereocenters. The van der Waals surface area contributed by atoms with E-state index >= 15 is 0 Å². The lowest BCUT2D eigenvalue weighted by Gasteiger charge is -2.30. The van der Waals surface area contributed by atoms with Crippen molar-refractivity contribution >= 4 is 23.8 Å². The minimum Gasteiger partial charge on any atom is -0.334 e. The van der Waals surface area contributed by atoms with Gasteiger partial charge in [-0.2, -0.15) is 0 Å². The van der Waals surface area contributed by atoms with Gasteiger partial charge in [0.15, 0.2) is 5.78 Å². The van der Waals surface area contributed by atoms with Crippen LogP contribution >= 0.6 is 0 Å². The lowest BCUT2D eigenvalue weighted by Crippen LogP contribution is -2.42. The predicted molar refractivity (Wildman–Crippen MR) is 114 cm³/mol. The molecular formula is C24H24F2N2O2. The monoisotopic (exact) mass is 410 g/mol. The van der Waals surface area contributed by atoms with E-state index in [4.69, 9.17) is 0 Å². The summed E-state index contributed by atoms with van der Waals surface area (Å²) in [5.74, 6) is -1.10. The number of hydrogen-bond donors (Lipinski definition) is 0. The lowest BCUT2D eigenvalue weighted by atomic mass is 9.94. The maximum atomic E-state index is 13.6. The van der Waals surface area contributed by atoms with Crippen molar-refractivity contribution in [2.75, 3.05) is 33.7 Å². The number of amides is 1. The van der Waals surface area contributed by atoms with Gasteiger partial charge in [-0.1, -0.05) is 24.3 Å². The Hall–Kier alpha value is -3.12. The van der Waals surface area contributed by atoms with Crippen molar-refractivity contribution in [2.24, 2.45) is 0 Å². The molecule has 0 bridgehead atoms. The van der Waals surface area contributed by atoms with Gasteiger partial charge in [0.25, 0.3) is 0 Å². The maximum Gasteiger partial charge on any atom is 0.224 e. The van der Waals surface area contributed by atoms with Gasteiger partial charge in [0.1, 0.15) is 11.6 Å². The van der Waals surface area contributed by atoms with Crippen LogP contribution in [-0.4, -0.2) is 55.2 Å². The molecule has 0 saturated carbocycles. The summed E-state index contributed by atoms with van der Waals surface area (Å²) in [6.45, 7) is 0.902. The predicted octanol–water partition coefficient (Wildman–Crippen LogP) is 3.79. The van der Waals surface area contributed by atoms with Gasteiger partial charge in [-0.25, -0.2) is 8.78 Å². The highest BCUT2D eigenvalue weighted by molar-refractivity contribution is 6.15. The largest absolute Gasteiger partial charge is 0.334 e. The second kappa shape index (κ2) is 9.59. The molecular weight excluding hydrogens is 386 g/mol. The molecule has 1 fully saturated rings. The highest BCUT2D eigenvalue weighted by Gasteiger charge is 2.29. The Kier molecular flexibility index (Phi) is 6.90. The number of piperidine rings is 1. The van der Waals surface area contributed by atoms with E-state index < -0.39 is 11.6 Å². The molecule has 4 nitrogen and oxygen atoms in total. The van der Waals surface area contributed by atoms with E-state index in [0.717, 1.165) is 0 Å². The summed E-state index contributed by atoms with van der Waals surface area (Å²) in [7, 11) is 3.77. The van der Waals surface area contributed by atoms with Gasteiger partial charge >= 0.3 is 0 Å². The first-order valence-corrected chi connectivity index (χ1v) is 9.71. The quantitative estimate of drug-likeness (QED) is 0.704. The third-order valence-corrected chi connectivity index (χ3v) is 4.81. The molecule has 1 heterocycles. The summed E-state index contributed by atoms with van der Waals surface area (Å²) in [4.78, 5) is 29.3. The van der Waals surface area contributed by atoms with Gasteiger partial charge < -0.3 is 9.80 Å². The molecule has 1 saturated heterocycles. The van der Waals surface area contributed by atoms with E-state index in [1.54, 1.807) is 41.3 Å². The molecule has 3 rings (SSSR count). The molecule has 30 heavy (non-hydrogen) atoms. The minimum absolute atomic E-state index is 0.0773. The van der Waals surface area contributed by atoms with E-state index in [1.807, 2.05) is 19.0 Å². The average molecular weight is 410 g/mol. The molecule has 0 aliphatic carbocycles. The summed E-state index contributed by atoms with van der Waals surface area (Å²) >= 11 is 0. The number of Topliss-reactive ketones (excluding diaryl/α,β-unsaturated/α-hetero) is 1. The van der Waals surface area contributed by atoms with Crippen LogP contribution in [0.3, 0.4) is 0 Å². The zero-order chi connectivity index (χ0) is 21.7. The molecule has 2 aromatic rings. The van der Waals surface area contributed by atoms with Gasteiger partial charge in [0.2, 0.25) is 5.91 Å². The van der Waals surface area contributed by atoms with Crippen LogP contribution < -0.4 is 0 Å². The smallest absolute Gasteiger partial charge is 0.224 e. The fraction of sp³-hybridized carbons (Fsp3) is 0.250. The van der Waals surface area contributed by atoms with Crippen molar-refractivity contribution in [2.45, 2.75) is 6.42 Å². The minimum atomic E-state index is -0.401. The fourth-order valence-corrected chi connectivity index (χ4v) is 3.29. The Morgan fingerprint density at radius 1 is 0.967 bits per heavy atom. The van der Waals surface area contributed by atoms with Crippen molar-refractivity contribution in [3.8, 4) is 0 Å². The molecule has 1 amide bonds. The summed E-state index contributed by atoms with van der Waals surface area (Å²) in [5.41, 5.74) is 1.89. The van der Waals surface area contributed by atoms with Crippen molar-refractivity contribution in [3.63, 3.8) is 0 Å². The molecule has 0 atom stereocenters. The van der Waals surface area contributed by atoms with Crippen LogP contribution in [0.25, 0.3) is 12.2 Å². The van der Waals surface area contributed by atoms with Crippen LogP contribution in [0.2, 0.25) is 0 Å². The molecule has 6 heteroatoms. The first-order valence-electron chi connectivity index (χ1n) is 9.71. The molecule has 2 aromatic carbocycles. The van der Waals surface area contributed by atoms with Gasteiger partial charge in [0, 0.05) is 37.2 Å². The Balaban J connectivity index is 1.95. The number of likely N-dealkylation sites (tertiary alicyclic amines) is 1. The summed E-state index contributed by atoms with van der Waals surface area (Å²) in [6, 6.07) is 11.9. The third-order valence-electron chi connectivity index (χ3n) is 4.81. The highest BCUT2D eigenvalue weighted by atomic mass is 19.1. The number of carbonyl (C=O) groups excluding carboxylic acids is 2. The van der Waals surface area contributed by atoms with E-state index in [-0.39, 0.29) is 24.8 Å². The van der Waals surface area contributed by atoms with Gasteiger partial charge in [-0.3, -0.25) is 9.59 Å². The number of rotatable bonds is 5. The number of nitrogens with zero attached hydrogens (tertiary/aromatic N) is 2. The van der Waals surface area contributed by atoms with Crippen molar-refractivity contribution in [1.29, 1.82) is 0 Å². The Labute approximate surface area is 175 Å². The number of benzene rings is 2. The molecule has 1 aliphatic heterocycles. The van der Waals surface area contributed by atoms with Crippen LogP contribution in [0.15, 0.2) is 59.7 Å². The van der Waals surface area contributed by atoms with Crippen molar-refractivity contribution in [1.82, 2.24) is 9.80 Å². The molecule has 0 aromatic heterocycles. The molecule has 1 aliphatic rings. The zero-order valence-electron chi connectivity index (χ0n) is 17.1. The normalized spacial score (nSPS) is 17.2. The van der Waals surface area contributed by atoms with E-state index in [9.17, 15) is 18.4 Å². The van der Waals surface area contributed by atoms with Gasteiger partial charge in [-0.05, 0) is 61.6 Å². The molecule has 156 valence electrons. The Morgan fingerprint density at radius 2 is 1.47 bits per heavy atom. The second-order valence-electron chi connectivity index (χ2n) is 7.58. The van der Waals surface area contributed by atoms with Crippen molar-refractivity contribution < 1.29 is 18.4 Å². The Bertz CT molecular complexity index is 944. The van der Waals surface area contributed by atoms with E-state index in [2.05, 4.69) is 0 Å². The van der Waals surface area contributed by atoms with Gasteiger partial charge in [0.05, 0.1) is 0 Å². The Morgan fingerprint density at radius 3 is 1.90 bits per heavy atom.